The second-order valence-corrected chi connectivity index (χ2v) is 0.880. The summed E-state index contributed by atoms with van der Waals surface area (Å²) < 4.78 is 0. The Kier molecular flexibility index (Phi) is 18.0. The maximum atomic E-state index is 9.24. The third kappa shape index (κ3) is 172. The van der Waals surface area contributed by atoms with E-state index in [4.69, 9.17) is 20.1 Å². The van der Waals surface area contributed by atoms with Gasteiger partial charge in [-0.3, -0.25) is 4.79 Å². The van der Waals surface area contributed by atoms with Crippen LogP contribution in [0.1, 0.15) is 0 Å². The van der Waals surface area contributed by atoms with Gasteiger partial charge in [-0.2, -0.15) is 0 Å². The van der Waals surface area contributed by atoms with Crippen molar-refractivity contribution in [1.29, 1.82) is 0 Å². The van der Waals surface area contributed by atoms with Crippen LogP contribution in [-0.4, -0.2) is 52.8 Å². The zero-order valence-corrected chi connectivity index (χ0v) is 4.44. The molecule has 0 spiro atoms. The molecule has 0 heterocycles. The molecule has 0 fully saturated rings. The number of nitrogens with two attached hydrogens (primary N) is 1. The second-order valence-electron chi connectivity index (χ2n) is 0.880. The Labute approximate surface area is 68.8 Å². The Hall–Kier alpha value is -0.703. The van der Waals surface area contributed by atoms with Crippen LogP contribution in [0.5, 0.6) is 0 Å². The maximum absolute atomic E-state index is 9.24. The molecule has 0 aliphatic heterocycles. The van der Waals surface area contributed by atoms with E-state index in [1.807, 2.05) is 0 Å². The van der Waals surface area contributed by atoms with E-state index in [2.05, 4.69) is 5.73 Å². The Morgan fingerprint density at radius 2 is 1.30 bits per heavy atom. The van der Waals surface area contributed by atoms with Crippen LogP contribution in [0.4, 0.5) is 4.79 Å². The van der Waals surface area contributed by atoms with E-state index in [1.54, 1.807) is 0 Å². The molecule has 0 aliphatic rings. The predicted molar refractivity (Wildman–Crippen MR) is 34.5 cm³/mol. The van der Waals surface area contributed by atoms with Gasteiger partial charge in [0.25, 0.3) is 0 Å². The molecule has 0 saturated carbocycles. The molecular weight excluding hydrogens is 137 g/mol. The fourth-order valence-corrected chi connectivity index (χ4v) is 0. The van der Waals surface area contributed by atoms with E-state index in [0.717, 1.165) is 0 Å². The Morgan fingerprint density at radius 3 is 1.30 bits per heavy atom. The summed E-state index contributed by atoms with van der Waals surface area (Å²) in [4.78, 5) is 17.8. The third-order valence-corrected chi connectivity index (χ3v) is 0.175. The second kappa shape index (κ2) is 11.1. The van der Waals surface area contributed by atoms with Gasteiger partial charge in [0, 0.05) is 0 Å². The predicted octanol–water partition coefficient (Wildman–Crippen LogP) is -1.40. The summed E-state index contributed by atoms with van der Waals surface area (Å²) in [5.41, 5.74) is 4.57. The molecule has 0 aromatic rings. The van der Waals surface area contributed by atoms with Gasteiger partial charge in [0.05, 0.1) is 6.54 Å². The van der Waals surface area contributed by atoms with Crippen LogP contribution in [0, 0.1) is 0 Å². The molecule has 0 radical (unpaired) electrons. The van der Waals surface area contributed by atoms with Crippen LogP contribution in [-0.2, 0) is 4.79 Å². The van der Waals surface area contributed by atoms with E-state index >= 15 is 0 Å². The van der Waals surface area contributed by atoms with Gasteiger partial charge in [-0.25, -0.2) is 4.79 Å². The number of carboxylic acids is 1. The van der Waals surface area contributed by atoms with Gasteiger partial charge in [0.1, 0.15) is 0 Å². The molecule has 5 N–H and O–H groups in total. The number of carboxylic acid groups (broad SMARTS) is 3. The monoisotopic (exact) mass is 145 g/mol. The van der Waals surface area contributed by atoms with Gasteiger partial charge in [0.2, 0.25) is 0 Å². The third-order valence-electron chi connectivity index (χ3n) is 0.175. The van der Waals surface area contributed by atoms with Crippen molar-refractivity contribution in [3.63, 3.8) is 0 Å². The van der Waals surface area contributed by atoms with E-state index < -0.39 is 12.1 Å². The molecule has 0 bridgehead atoms. The fraction of sp³-hybridized carbons (Fsp3) is 0.333. The van der Waals surface area contributed by atoms with Crippen LogP contribution >= 0.6 is 0 Å². The van der Waals surface area contributed by atoms with Gasteiger partial charge < -0.3 is 21.1 Å². The standard InChI is InChI=1S/C2H5NO2.CH2O3.Li.H/c3-1-2(4)5;2-1(3)4;;/h1,3H2,(H,4,5);(H2,2,3,4);;. The van der Waals surface area contributed by atoms with Crippen molar-refractivity contribution in [3.8, 4) is 0 Å². The molecule has 0 aromatic carbocycles. The molecule has 0 amide bonds. The van der Waals surface area contributed by atoms with Crippen molar-refractivity contribution in [1.82, 2.24) is 0 Å². The zero-order valence-electron chi connectivity index (χ0n) is 4.44. The molecule has 0 rings (SSSR count). The van der Waals surface area contributed by atoms with Crippen molar-refractivity contribution in [2.45, 2.75) is 0 Å². The van der Waals surface area contributed by atoms with Gasteiger partial charge in [-0.1, -0.05) is 0 Å². The minimum atomic E-state index is -1.83. The first-order chi connectivity index (χ1) is 4.00. The van der Waals surface area contributed by atoms with Gasteiger partial charge >= 0.3 is 31.0 Å². The van der Waals surface area contributed by atoms with Crippen molar-refractivity contribution in [2.75, 3.05) is 6.54 Å². The van der Waals surface area contributed by atoms with Gasteiger partial charge in [0.15, 0.2) is 0 Å². The number of hydrogen-bond acceptors (Lipinski definition) is 3. The summed E-state index contributed by atoms with van der Waals surface area (Å²) in [6.45, 7) is -0.278. The van der Waals surface area contributed by atoms with Crippen molar-refractivity contribution in [3.05, 3.63) is 0 Å². The van der Waals surface area contributed by atoms with Crippen LogP contribution in [0.3, 0.4) is 0 Å². The molecule has 56 valence electrons. The molecule has 0 aromatic heterocycles. The SMILES string of the molecule is NCC(=O)O.O=C(O)O.[LiH]. The first-order valence-corrected chi connectivity index (χ1v) is 1.84. The number of carbonyl (C=O) groups is 2. The van der Waals surface area contributed by atoms with Crippen LogP contribution in [0.15, 0.2) is 0 Å². The van der Waals surface area contributed by atoms with E-state index in [0.29, 0.717) is 0 Å². The molecular formula is C3H8LiNO5. The first kappa shape index (κ1) is 16.1. The Morgan fingerprint density at radius 1 is 1.20 bits per heavy atom. The summed E-state index contributed by atoms with van der Waals surface area (Å²) in [5, 5.41) is 21.5. The molecule has 10 heavy (non-hydrogen) atoms. The number of aliphatic carboxylic acids is 1. The van der Waals surface area contributed by atoms with E-state index in [9.17, 15) is 4.79 Å². The molecule has 6 nitrogen and oxygen atoms in total. The average molecular weight is 145 g/mol. The average Bonchev–Trinajstić information content (AvgIpc) is 1.65. The van der Waals surface area contributed by atoms with Crippen LogP contribution in [0.2, 0.25) is 0 Å². The molecule has 0 atom stereocenters. The molecule has 7 heteroatoms. The van der Waals surface area contributed by atoms with Crippen LogP contribution < -0.4 is 5.73 Å². The number of rotatable bonds is 1. The van der Waals surface area contributed by atoms with Crippen molar-refractivity contribution >= 4 is 31.0 Å². The zero-order chi connectivity index (χ0) is 7.86. The van der Waals surface area contributed by atoms with E-state index in [-0.39, 0.29) is 25.4 Å². The molecule has 0 saturated heterocycles. The van der Waals surface area contributed by atoms with Crippen molar-refractivity contribution < 1.29 is 24.9 Å². The summed E-state index contributed by atoms with van der Waals surface area (Å²) in [7, 11) is 0. The minimum absolute atomic E-state index is 0. The summed E-state index contributed by atoms with van der Waals surface area (Å²) in [5.74, 6) is -0.968. The van der Waals surface area contributed by atoms with Crippen molar-refractivity contribution in [2.24, 2.45) is 5.73 Å². The summed E-state index contributed by atoms with van der Waals surface area (Å²) >= 11 is 0. The first-order valence-electron chi connectivity index (χ1n) is 1.84. The topological polar surface area (TPSA) is 121 Å². The molecule has 0 unspecified atom stereocenters. The Bertz CT molecular complexity index is 101. The van der Waals surface area contributed by atoms with E-state index in [1.165, 1.54) is 0 Å². The fourth-order valence-electron chi connectivity index (χ4n) is 0. The van der Waals surface area contributed by atoms with Gasteiger partial charge in [-0.05, 0) is 0 Å². The quantitative estimate of drug-likeness (QED) is 0.337. The number of hydrogen-bond donors (Lipinski definition) is 4. The van der Waals surface area contributed by atoms with Gasteiger partial charge in [-0.15, -0.1) is 0 Å². The Balaban J connectivity index is -0.0000000910. The molecule has 0 aliphatic carbocycles. The van der Waals surface area contributed by atoms with Crippen LogP contribution in [0.25, 0.3) is 0 Å². The summed E-state index contributed by atoms with van der Waals surface area (Å²) in [6, 6.07) is 0. The normalized spacial score (nSPS) is 6.10. The summed E-state index contributed by atoms with van der Waals surface area (Å²) in [6.07, 6.45) is -1.83.